The number of carbonyl (C=O) groups is 2. The number of hydrogen-bond acceptors (Lipinski definition) is 3. The van der Waals surface area contributed by atoms with E-state index < -0.39 is 23.5 Å². The number of carbonyl (C=O) groups excluding carboxylic acids is 1. The maximum Gasteiger partial charge on any atom is 0.416 e. The minimum absolute atomic E-state index is 0.0364. The van der Waals surface area contributed by atoms with Gasteiger partial charge in [-0.2, -0.15) is 13.2 Å². The normalized spacial score (nSPS) is 11.1. The fourth-order valence-electron chi connectivity index (χ4n) is 1.99. The molecule has 0 spiro atoms. The van der Waals surface area contributed by atoms with Gasteiger partial charge in [-0.05, 0) is 30.3 Å². The van der Waals surface area contributed by atoms with Gasteiger partial charge in [-0.1, -0.05) is 12.1 Å². The van der Waals surface area contributed by atoms with E-state index in [1.54, 1.807) is 0 Å². The van der Waals surface area contributed by atoms with Crippen LogP contribution in [0.2, 0.25) is 0 Å². The number of halogens is 3. The SMILES string of the molecule is COc1ccc(C(=O)c2ccc(C(F)(F)F)cc2)c(C(=O)O)c1. The molecule has 1 N–H and O–H groups in total. The Hall–Kier alpha value is -2.83. The average Bonchev–Trinajstić information content (AvgIpc) is 2.52. The molecule has 0 aliphatic heterocycles. The van der Waals surface area contributed by atoms with Crippen molar-refractivity contribution in [3.63, 3.8) is 0 Å². The smallest absolute Gasteiger partial charge is 0.416 e. The maximum absolute atomic E-state index is 12.5. The monoisotopic (exact) mass is 324 g/mol. The maximum atomic E-state index is 12.5. The molecule has 0 saturated carbocycles. The summed E-state index contributed by atoms with van der Waals surface area (Å²) in [7, 11) is 1.35. The predicted octanol–water partition coefficient (Wildman–Crippen LogP) is 3.64. The molecule has 0 aliphatic rings. The zero-order valence-electron chi connectivity index (χ0n) is 11.8. The van der Waals surface area contributed by atoms with Gasteiger partial charge >= 0.3 is 12.1 Å². The highest BCUT2D eigenvalue weighted by molar-refractivity contribution is 6.14. The van der Waals surface area contributed by atoms with Gasteiger partial charge in [0.05, 0.1) is 18.2 Å². The Kier molecular flexibility index (Phi) is 4.40. The van der Waals surface area contributed by atoms with Gasteiger partial charge in [-0.25, -0.2) is 4.79 Å². The lowest BCUT2D eigenvalue weighted by Gasteiger charge is -2.09. The van der Waals surface area contributed by atoms with E-state index in [1.807, 2.05) is 0 Å². The van der Waals surface area contributed by atoms with E-state index in [0.717, 1.165) is 24.3 Å². The average molecular weight is 324 g/mol. The minimum atomic E-state index is -4.51. The van der Waals surface area contributed by atoms with Crippen molar-refractivity contribution in [2.75, 3.05) is 7.11 Å². The van der Waals surface area contributed by atoms with Crippen molar-refractivity contribution in [3.05, 3.63) is 64.7 Å². The number of ether oxygens (including phenoxy) is 1. The van der Waals surface area contributed by atoms with Crippen LogP contribution in [0.5, 0.6) is 5.75 Å². The summed E-state index contributed by atoms with van der Waals surface area (Å²) < 4.78 is 42.5. The first-order chi connectivity index (χ1) is 10.7. The summed E-state index contributed by atoms with van der Waals surface area (Å²) >= 11 is 0. The van der Waals surface area contributed by atoms with Crippen molar-refractivity contribution < 1.29 is 32.6 Å². The number of benzene rings is 2. The largest absolute Gasteiger partial charge is 0.497 e. The number of aromatic carboxylic acids is 1. The van der Waals surface area contributed by atoms with Gasteiger partial charge in [0.25, 0.3) is 0 Å². The Balaban J connectivity index is 2.43. The topological polar surface area (TPSA) is 63.6 Å². The summed E-state index contributed by atoms with van der Waals surface area (Å²) in [6.07, 6.45) is -4.51. The highest BCUT2D eigenvalue weighted by atomic mass is 19.4. The number of carboxylic acid groups (broad SMARTS) is 1. The second-order valence-electron chi connectivity index (χ2n) is 4.62. The van der Waals surface area contributed by atoms with Gasteiger partial charge in [0.1, 0.15) is 5.75 Å². The molecule has 0 aromatic heterocycles. The van der Waals surface area contributed by atoms with E-state index in [9.17, 15) is 27.9 Å². The molecule has 2 rings (SSSR count). The van der Waals surface area contributed by atoms with Crippen molar-refractivity contribution in [2.24, 2.45) is 0 Å². The van der Waals surface area contributed by atoms with Crippen LogP contribution in [0.15, 0.2) is 42.5 Å². The molecule has 120 valence electrons. The molecule has 0 unspecified atom stereocenters. The molecule has 2 aromatic rings. The van der Waals surface area contributed by atoms with Crippen LogP contribution < -0.4 is 4.74 Å². The predicted molar refractivity (Wildman–Crippen MR) is 74.8 cm³/mol. The number of rotatable bonds is 4. The fraction of sp³-hybridized carbons (Fsp3) is 0.125. The molecule has 4 nitrogen and oxygen atoms in total. The van der Waals surface area contributed by atoms with Crippen molar-refractivity contribution in [1.29, 1.82) is 0 Å². The van der Waals surface area contributed by atoms with Gasteiger partial charge in [-0.3, -0.25) is 4.79 Å². The Morgan fingerprint density at radius 1 is 1.00 bits per heavy atom. The Morgan fingerprint density at radius 3 is 2.09 bits per heavy atom. The lowest BCUT2D eigenvalue weighted by molar-refractivity contribution is -0.137. The number of hydrogen-bond donors (Lipinski definition) is 1. The van der Waals surface area contributed by atoms with E-state index in [1.165, 1.54) is 25.3 Å². The second kappa shape index (κ2) is 6.12. The molecule has 7 heteroatoms. The summed E-state index contributed by atoms with van der Waals surface area (Å²) in [5.74, 6) is -1.76. The van der Waals surface area contributed by atoms with Crippen molar-refractivity contribution in [3.8, 4) is 5.75 Å². The standard InChI is InChI=1S/C16H11F3O4/c1-23-11-6-7-12(13(8-11)15(21)22)14(20)9-2-4-10(5-3-9)16(17,18)19/h2-8H,1H3,(H,21,22). The summed E-state index contributed by atoms with van der Waals surface area (Å²) in [5, 5.41) is 9.18. The third-order valence-electron chi connectivity index (χ3n) is 3.18. The summed E-state index contributed by atoms with van der Waals surface area (Å²) in [4.78, 5) is 23.6. The molecule has 2 aromatic carbocycles. The van der Waals surface area contributed by atoms with Gasteiger partial charge in [0.2, 0.25) is 0 Å². The molecule has 0 atom stereocenters. The minimum Gasteiger partial charge on any atom is -0.497 e. The first-order valence-electron chi connectivity index (χ1n) is 6.37. The number of alkyl halides is 3. The van der Waals surface area contributed by atoms with Crippen LogP contribution in [0.4, 0.5) is 13.2 Å². The van der Waals surface area contributed by atoms with Crippen LogP contribution in [0.1, 0.15) is 31.8 Å². The molecule has 0 saturated heterocycles. The van der Waals surface area contributed by atoms with Crippen LogP contribution in [0.25, 0.3) is 0 Å². The van der Waals surface area contributed by atoms with Gasteiger partial charge < -0.3 is 9.84 Å². The Morgan fingerprint density at radius 2 is 1.61 bits per heavy atom. The summed E-state index contributed by atoms with van der Waals surface area (Å²) in [6, 6.07) is 7.43. The van der Waals surface area contributed by atoms with Crippen LogP contribution >= 0.6 is 0 Å². The lowest BCUT2D eigenvalue weighted by atomic mass is 9.97. The van der Waals surface area contributed by atoms with E-state index in [2.05, 4.69) is 0 Å². The molecule has 0 amide bonds. The first kappa shape index (κ1) is 16.5. The quantitative estimate of drug-likeness (QED) is 0.872. The third kappa shape index (κ3) is 3.50. The van der Waals surface area contributed by atoms with Crippen LogP contribution in [-0.4, -0.2) is 24.0 Å². The highest BCUT2D eigenvalue weighted by Gasteiger charge is 2.30. The number of methoxy groups -OCH3 is 1. The van der Waals surface area contributed by atoms with Gasteiger partial charge in [0.15, 0.2) is 5.78 Å². The second-order valence-corrected chi connectivity index (χ2v) is 4.62. The fourth-order valence-corrected chi connectivity index (χ4v) is 1.99. The molecule has 0 fully saturated rings. The van der Waals surface area contributed by atoms with Crippen LogP contribution in [-0.2, 0) is 6.18 Å². The van der Waals surface area contributed by atoms with E-state index >= 15 is 0 Å². The van der Waals surface area contributed by atoms with Crippen molar-refractivity contribution in [1.82, 2.24) is 0 Å². The molecule has 0 heterocycles. The molecule has 0 radical (unpaired) electrons. The van der Waals surface area contributed by atoms with Crippen molar-refractivity contribution >= 4 is 11.8 Å². The van der Waals surface area contributed by atoms with Gasteiger partial charge in [0, 0.05) is 11.1 Å². The van der Waals surface area contributed by atoms with Crippen molar-refractivity contribution in [2.45, 2.75) is 6.18 Å². The first-order valence-corrected chi connectivity index (χ1v) is 6.37. The molecule has 0 bridgehead atoms. The molecular weight excluding hydrogens is 313 g/mol. The molecule has 0 aliphatic carbocycles. The van der Waals surface area contributed by atoms with E-state index in [0.29, 0.717) is 0 Å². The van der Waals surface area contributed by atoms with E-state index in [4.69, 9.17) is 4.74 Å². The highest BCUT2D eigenvalue weighted by Crippen LogP contribution is 2.29. The number of ketones is 1. The van der Waals surface area contributed by atoms with Crippen LogP contribution in [0.3, 0.4) is 0 Å². The summed E-state index contributed by atoms with van der Waals surface area (Å²) in [5.41, 5.74) is -1.33. The molecule has 23 heavy (non-hydrogen) atoms. The van der Waals surface area contributed by atoms with E-state index in [-0.39, 0.29) is 22.4 Å². The Labute approximate surface area is 129 Å². The summed E-state index contributed by atoms with van der Waals surface area (Å²) in [6.45, 7) is 0. The lowest BCUT2D eigenvalue weighted by Crippen LogP contribution is -2.11. The molecular formula is C16H11F3O4. The number of carboxylic acids is 1. The third-order valence-corrected chi connectivity index (χ3v) is 3.18. The van der Waals surface area contributed by atoms with Crippen LogP contribution in [0, 0.1) is 0 Å². The zero-order valence-corrected chi connectivity index (χ0v) is 11.8. The Bertz CT molecular complexity index is 749. The van der Waals surface area contributed by atoms with Gasteiger partial charge in [-0.15, -0.1) is 0 Å². The zero-order chi connectivity index (χ0) is 17.2.